The molecule has 4 aliphatic rings. The Hall–Kier alpha value is -2.37. The van der Waals surface area contributed by atoms with Crippen molar-refractivity contribution < 1.29 is 14.4 Å². The lowest BCUT2D eigenvalue weighted by Crippen LogP contribution is -2.63. The fourth-order valence-corrected chi connectivity index (χ4v) is 6.39. The highest BCUT2D eigenvalue weighted by Crippen LogP contribution is 2.39. The molecule has 1 aromatic carbocycles. The summed E-state index contributed by atoms with van der Waals surface area (Å²) in [5.74, 6) is 1.19. The molecule has 31 heavy (non-hydrogen) atoms. The van der Waals surface area contributed by atoms with E-state index in [1.54, 1.807) is 0 Å². The van der Waals surface area contributed by atoms with Gasteiger partial charge in [0.1, 0.15) is 6.04 Å². The van der Waals surface area contributed by atoms with Crippen molar-refractivity contribution in [2.24, 2.45) is 17.8 Å². The van der Waals surface area contributed by atoms with E-state index in [4.69, 9.17) is 0 Å². The Bertz CT molecular complexity index is 900. The first-order valence-electron chi connectivity index (χ1n) is 11.9. The zero-order chi connectivity index (χ0) is 21.7. The van der Waals surface area contributed by atoms with Gasteiger partial charge in [-0.05, 0) is 48.6 Å². The van der Waals surface area contributed by atoms with Crippen molar-refractivity contribution in [3.8, 4) is 0 Å². The van der Waals surface area contributed by atoms with E-state index >= 15 is 0 Å². The maximum atomic E-state index is 13.9. The Labute approximate surface area is 184 Å². The lowest BCUT2D eigenvalue weighted by molar-refractivity contribution is -0.151. The van der Waals surface area contributed by atoms with E-state index in [1.807, 2.05) is 34.1 Å². The summed E-state index contributed by atoms with van der Waals surface area (Å²) in [6.07, 6.45) is 4.65. The summed E-state index contributed by atoms with van der Waals surface area (Å²) in [7, 11) is 0. The van der Waals surface area contributed by atoms with Crippen LogP contribution in [0.4, 0.5) is 0 Å². The third kappa shape index (κ3) is 3.44. The molecule has 0 aliphatic carbocycles. The fraction of sp³-hybridized carbons (Fsp3) is 0.640. The molecule has 0 spiro atoms. The van der Waals surface area contributed by atoms with Crippen molar-refractivity contribution >= 4 is 17.7 Å². The molecule has 5 atom stereocenters. The maximum Gasteiger partial charge on any atom is 0.255 e. The Balaban J connectivity index is 1.37. The van der Waals surface area contributed by atoms with Crippen LogP contribution < -0.4 is 0 Å². The topological polar surface area (TPSA) is 60.9 Å². The highest BCUT2D eigenvalue weighted by Gasteiger charge is 2.47. The molecule has 2 bridgehead atoms. The van der Waals surface area contributed by atoms with Crippen LogP contribution in [-0.2, 0) is 16.1 Å². The standard InChI is InChI=1S/C25H33N3O3/c1-3-16(2)23(28-15-18-7-4-5-8-20(18)24(28)30)25(31)26-12-17-11-19(14-26)21-9-6-10-22(29)27(21)13-17/h4-5,7-8,16-17,19,21,23H,3,6,9-15H2,1-2H3/t16-,17+,19-,21?,23+/m0/s1. The molecule has 3 saturated heterocycles. The number of carbonyl (C=O) groups is 3. The van der Waals surface area contributed by atoms with Crippen LogP contribution in [0, 0.1) is 17.8 Å². The Kier molecular flexibility index (Phi) is 5.27. The molecular weight excluding hydrogens is 390 g/mol. The molecular formula is C25H33N3O3. The molecule has 0 aromatic heterocycles. The first kappa shape index (κ1) is 20.5. The molecule has 1 unspecified atom stereocenters. The second-order valence-corrected chi connectivity index (χ2v) is 10.0. The summed E-state index contributed by atoms with van der Waals surface area (Å²) >= 11 is 0. The largest absolute Gasteiger partial charge is 0.340 e. The van der Waals surface area contributed by atoms with Gasteiger partial charge in [0, 0.05) is 44.2 Å². The van der Waals surface area contributed by atoms with Crippen molar-refractivity contribution in [3.05, 3.63) is 35.4 Å². The maximum absolute atomic E-state index is 13.9. The number of amides is 3. The zero-order valence-corrected chi connectivity index (χ0v) is 18.6. The summed E-state index contributed by atoms with van der Waals surface area (Å²) in [6, 6.07) is 7.57. The quantitative estimate of drug-likeness (QED) is 0.748. The van der Waals surface area contributed by atoms with Gasteiger partial charge in [0.25, 0.3) is 5.91 Å². The molecule has 0 radical (unpaired) electrons. The SMILES string of the molecule is CC[C@H](C)[C@H](C(=O)N1C[C@H]2C[C@@H](C1)C1CCCC(=O)N1C2)N1Cc2ccccc2C1=O. The highest BCUT2D eigenvalue weighted by molar-refractivity contribution is 6.01. The van der Waals surface area contributed by atoms with E-state index in [9.17, 15) is 14.4 Å². The number of piperidine rings is 3. The number of carbonyl (C=O) groups excluding carboxylic acids is 3. The van der Waals surface area contributed by atoms with Gasteiger partial charge in [-0.25, -0.2) is 0 Å². The Morgan fingerprint density at radius 3 is 2.74 bits per heavy atom. The second kappa shape index (κ2) is 7.95. The molecule has 4 heterocycles. The molecule has 0 saturated carbocycles. The summed E-state index contributed by atoms with van der Waals surface area (Å²) in [6.45, 7) is 6.90. The van der Waals surface area contributed by atoms with Crippen LogP contribution in [0.15, 0.2) is 24.3 Å². The number of hydrogen-bond donors (Lipinski definition) is 0. The van der Waals surface area contributed by atoms with Gasteiger partial charge in [-0.2, -0.15) is 0 Å². The molecule has 6 nitrogen and oxygen atoms in total. The van der Waals surface area contributed by atoms with Crippen molar-refractivity contribution in [1.82, 2.24) is 14.7 Å². The summed E-state index contributed by atoms with van der Waals surface area (Å²) < 4.78 is 0. The van der Waals surface area contributed by atoms with Gasteiger partial charge >= 0.3 is 0 Å². The van der Waals surface area contributed by atoms with E-state index in [0.29, 0.717) is 43.8 Å². The molecule has 6 heteroatoms. The monoisotopic (exact) mass is 423 g/mol. The Morgan fingerprint density at radius 1 is 1.16 bits per heavy atom. The van der Waals surface area contributed by atoms with Crippen molar-refractivity contribution in [2.75, 3.05) is 19.6 Å². The van der Waals surface area contributed by atoms with Crippen LogP contribution in [0.2, 0.25) is 0 Å². The molecule has 166 valence electrons. The van der Waals surface area contributed by atoms with Crippen LogP contribution in [0.25, 0.3) is 0 Å². The molecule has 3 amide bonds. The predicted molar refractivity (Wildman–Crippen MR) is 117 cm³/mol. The fourth-order valence-electron chi connectivity index (χ4n) is 6.39. The minimum Gasteiger partial charge on any atom is -0.340 e. The summed E-state index contributed by atoms with van der Waals surface area (Å²) in [5.41, 5.74) is 1.75. The van der Waals surface area contributed by atoms with E-state index in [-0.39, 0.29) is 23.8 Å². The van der Waals surface area contributed by atoms with Crippen molar-refractivity contribution in [3.63, 3.8) is 0 Å². The summed E-state index contributed by atoms with van der Waals surface area (Å²) in [4.78, 5) is 45.4. The van der Waals surface area contributed by atoms with Gasteiger partial charge in [0.15, 0.2) is 0 Å². The average molecular weight is 424 g/mol. The van der Waals surface area contributed by atoms with Gasteiger partial charge in [0.05, 0.1) is 0 Å². The van der Waals surface area contributed by atoms with Gasteiger partial charge in [-0.3, -0.25) is 14.4 Å². The van der Waals surface area contributed by atoms with Gasteiger partial charge in [-0.15, -0.1) is 0 Å². The molecule has 0 N–H and O–H groups in total. The van der Waals surface area contributed by atoms with E-state index in [0.717, 1.165) is 43.4 Å². The third-order valence-electron chi connectivity index (χ3n) is 8.11. The number of rotatable bonds is 4. The Morgan fingerprint density at radius 2 is 1.97 bits per heavy atom. The number of likely N-dealkylation sites (tertiary alicyclic amines) is 1. The normalized spacial score (nSPS) is 29.5. The van der Waals surface area contributed by atoms with E-state index < -0.39 is 6.04 Å². The number of fused-ring (bicyclic) bond motifs is 5. The molecule has 3 fully saturated rings. The van der Waals surface area contributed by atoms with E-state index in [1.165, 1.54) is 0 Å². The van der Waals surface area contributed by atoms with Gasteiger partial charge in [-0.1, -0.05) is 38.5 Å². The van der Waals surface area contributed by atoms with Gasteiger partial charge < -0.3 is 14.7 Å². The zero-order valence-electron chi connectivity index (χ0n) is 18.6. The highest BCUT2D eigenvalue weighted by atomic mass is 16.2. The predicted octanol–water partition coefficient (Wildman–Crippen LogP) is 2.92. The summed E-state index contributed by atoms with van der Waals surface area (Å²) in [5, 5.41) is 0. The second-order valence-electron chi connectivity index (χ2n) is 10.0. The minimum atomic E-state index is -0.423. The van der Waals surface area contributed by atoms with Crippen molar-refractivity contribution in [2.45, 2.75) is 64.6 Å². The molecule has 4 aliphatic heterocycles. The van der Waals surface area contributed by atoms with Crippen LogP contribution in [0.3, 0.4) is 0 Å². The van der Waals surface area contributed by atoms with Crippen LogP contribution in [-0.4, -0.2) is 64.1 Å². The first-order chi connectivity index (χ1) is 15.0. The lowest BCUT2D eigenvalue weighted by Gasteiger charge is -2.53. The number of hydrogen-bond acceptors (Lipinski definition) is 3. The van der Waals surface area contributed by atoms with E-state index in [2.05, 4.69) is 18.7 Å². The minimum absolute atomic E-state index is 0.0181. The van der Waals surface area contributed by atoms with Crippen LogP contribution in [0.1, 0.15) is 61.9 Å². The average Bonchev–Trinajstić information content (AvgIpc) is 3.10. The first-order valence-corrected chi connectivity index (χ1v) is 11.9. The molecule has 1 aromatic rings. The number of nitrogens with zero attached hydrogens (tertiary/aromatic N) is 3. The van der Waals surface area contributed by atoms with Crippen LogP contribution >= 0.6 is 0 Å². The lowest BCUT2D eigenvalue weighted by atomic mass is 9.75. The number of benzene rings is 1. The van der Waals surface area contributed by atoms with Crippen LogP contribution in [0.5, 0.6) is 0 Å². The molecule has 5 rings (SSSR count). The van der Waals surface area contributed by atoms with Crippen molar-refractivity contribution in [1.29, 1.82) is 0 Å². The third-order valence-corrected chi connectivity index (χ3v) is 8.11. The smallest absolute Gasteiger partial charge is 0.255 e. The van der Waals surface area contributed by atoms with Gasteiger partial charge in [0.2, 0.25) is 11.8 Å².